The zero-order valence-corrected chi connectivity index (χ0v) is 23.6. The Bertz CT molecular complexity index is 1150. The highest BCUT2D eigenvalue weighted by Gasteiger charge is 2.22. The predicted octanol–water partition coefficient (Wildman–Crippen LogP) is 6.41. The lowest BCUT2D eigenvalue weighted by Crippen LogP contribution is -2.43. The van der Waals surface area contributed by atoms with Crippen LogP contribution < -0.4 is 10.6 Å². The van der Waals surface area contributed by atoms with Gasteiger partial charge in [-0.3, -0.25) is 9.80 Å². The van der Waals surface area contributed by atoms with Gasteiger partial charge in [0.2, 0.25) is 0 Å². The van der Waals surface area contributed by atoms with Crippen LogP contribution in [0.3, 0.4) is 0 Å². The molecule has 0 aromatic heterocycles. The number of alkyl halides is 2. The number of benzene rings is 3. The summed E-state index contributed by atoms with van der Waals surface area (Å²) in [6, 6.07) is 12.2. The van der Waals surface area contributed by atoms with Crippen LogP contribution in [0.1, 0.15) is 38.5 Å². The van der Waals surface area contributed by atoms with Crippen LogP contribution in [0.5, 0.6) is 11.5 Å². The van der Waals surface area contributed by atoms with Crippen molar-refractivity contribution >= 4 is 56.1 Å². The molecule has 2 fully saturated rings. The van der Waals surface area contributed by atoms with E-state index in [-0.39, 0.29) is 11.5 Å². The maximum Gasteiger partial charge on any atom is 0.123 e. The second-order valence-corrected chi connectivity index (χ2v) is 11.4. The minimum Gasteiger partial charge on any atom is -0.507 e. The van der Waals surface area contributed by atoms with Gasteiger partial charge in [0.15, 0.2) is 0 Å². The quantitative estimate of drug-likeness (QED) is 0.131. The van der Waals surface area contributed by atoms with Gasteiger partial charge >= 0.3 is 0 Å². The average Bonchev–Trinajstić information content (AvgIpc) is 2.95. The zero-order valence-electron chi connectivity index (χ0n) is 22.1. The van der Waals surface area contributed by atoms with E-state index in [1.54, 1.807) is 12.1 Å². The standard InChI is InChI=1S/C30H40Cl2N4O2/c31-19-21-5-1-3-13-35(21)15-11-33-27-7-8-28(34-12-16-36-14-4-2-6-22(36)20-32)24-18-26-25(17-23(24)27)29(37)9-10-30(26)38/h7-10,17-18,21-22,33-34,37-38H,1-6,11-16,19-20H2. The van der Waals surface area contributed by atoms with Gasteiger partial charge in [-0.1, -0.05) is 12.8 Å². The number of halogens is 2. The lowest BCUT2D eigenvalue weighted by Gasteiger charge is -2.34. The van der Waals surface area contributed by atoms with E-state index in [0.717, 1.165) is 61.4 Å². The maximum atomic E-state index is 10.6. The molecule has 2 aliphatic heterocycles. The molecule has 4 N–H and O–H groups in total. The molecule has 2 atom stereocenters. The fourth-order valence-corrected chi connectivity index (χ4v) is 6.89. The molecule has 0 spiro atoms. The van der Waals surface area contributed by atoms with E-state index in [4.69, 9.17) is 23.2 Å². The van der Waals surface area contributed by atoms with Crippen molar-refractivity contribution in [3.8, 4) is 11.5 Å². The highest BCUT2D eigenvalue weighted by molar-refractivity contribution is 6.18. The smallest absolute Gasteiger partial charge is 0.123 e. The zero-order chi connectivity index (χ0) is 26.5. The van der Waals surface area contributed by atoms with Crippen molar-refractivity contribution in [1.29, 1.82) is 0 Å². The summed E-state index contributed by atoms with van der Waals surface area (Å²) in [5, 5.41) is 31.8. The monoisotopic (exact) mass is 558 g/mol. The van der Waals surface area contributed by atoms with E-state index >= 15 is 0 Å². The summed E-state index contributed by atoms with van der Waals surface area (Å²) in [6.07, 6.45) is 7.32. The van der Waals surface area contributed by atoms with Crippen molar-refractivity contribution in [2.45, 2.75) is 50.6 Å². The number of fused-ring (bicyclic) bond motifs is 2. The number of anilines is 2. The highest BCUT2D eigenvalue weighted by atomic mass is 35.5. The first kappa shape index (κ1) is 27.4. The maximum absolute atomic E-state index is 10.6. The third kappa shape index (κ3) is 6.04. The molecular formula is C30H40Cl2N4O2. The van der Waals surface area contributed by atoms with Gasteiger partial charge in [0, 0.05) is 82.9 Å². The summed E-state index contributed by atoms with van der Waals surface area (Å²) < 4.78 is 0. The van der Waals surface area contributed by atoms with Gasteiger partial charge in [-0.15, -0.1) is 23.2 Å². The fraction of sp³-hybridized carbons (Fsp3) is 0.533. The molecule has 3 aromatic carbocycles. The van der Waals surface area contributed by atoms with Crippen LogP contribution >= 0.6 is 23.2 Å². The summed E-state index contributed by atoms with van der Waals surface area (Å²) >= 11 is 12.5. The number of nitrogens with one attached hydrogen (secondary N) is 2. The SMILES string of the molecule is Oc1ccc(O)c2cc3c(NCCN4CCCCC4CCl)ccc(NCCN4CCCCC4CCl)c3cc12. The lowest BCUT2D eigenvalue weighted by molar-refractivity contribution is 0.169. The van der Waals surface area contributed by atoms with Gasteiger partial charge in [0.1, 0.15) is 11.5 Å². The third-order valence-electron chi connectivity index (χ3n) is 8.39. The van der Waals surface area contributed by atoms with Crippen molar-refractivity contribution in [3.63, 3.8) is 0 Å². The molecule has 2 aliphatic rings. The Morgan fingerprint density at radius 3 is 1.53 bits per heavy atom. The number of piperidine rings is 2. The molecule has 38 heavy (non-hydrogen) atoms. The number of hydrogen-bond donors (Lipinski definition) is 4. The van der Waals surface area contributed by atoms with Gasteiger partial charge in [-0.25, -0.2) is 0 Å². The van der Waals surface area contributed by atoms with E-state index in [0.29, 0.717) is 34.6 Å². The van der Waals surface area contributed by atoms with Crippen molar-refractivity contribution < 1.29 is 10.2 Å². The first-order chi connectivity index (χ1) is 18.6. The molecule has 2 heterocycles. The number of phenolic OH excluding ortho intramolecular Hbond substituents is 2. The van der Waals surface area contributed by atoms with E-state index < -0.39 is 0 Å². The Labute approximate surface area is 235 Å². The Balaban J connectivity index is 1.38. The molecule has 3 aromatic rings. The van der Waals surface area contributed by atoms with E-state index in [1.807, 2.05) is 12.1 Å². The van der Waals surface area contributed by atoms with Gasteiger partial charge in [0.05, 0.1) is 0 Å². The Morgan fingerprint density at radius 1 is 0.658 bits per heavy atom. The fourth-order valence-electron chi connectivity index (χ4n) is 6.19. The van der Waals surface area contributed by atoms with Gasteiger partial charge in [-0.2, -0.15) is 0 Å². The molecule has 206 valence electrons. The molecule has 0 radical (unpaired) electrons. The van der Waals surface area contributed by atoms with Crippen LogP contribution in [0.4, 0.5) is 11.4 Å². The molecule has 8 heteroatoms. The van der Waals surface area contributed by atoms with E-state index in [2.05, 4.69) is 32.6 Å². The topological polar surface area (TPSA) is 71.0 Å². The van der Waals surface area contributed by atoms with Crippen LogP contribution in [-0.4, -0.2) is 83.1 Å². The lowest BCUT2D eigenvalue weighted by atomic mass is 9.99. The predicted molar refractivity (Wildman–Crippen MR) is 162 cm³/mol. The number of hydrogen-bond acceptors (Lipinski definition) is 6. The average molecular weight is 560 g/mol. The molecule has 0 bridgehead atoms. The van der Waals surface area contributed by atoms with Gasteiger partial charge in [-0.05, 0) is 75.2 Å². The highest BCUT2D eigenvalue weighted by Crippen LogP contribution is 2.39. The third-order valence-corrected chi connectivity index (χ3v) is 9.10. The minimum absolute atomic E-state index is 0.166. The number of aromatic hydroxyl groups is 2. The first-order valence-electron chi connectivity index (χ1n) is 14.1. The van der Waals surface area contributed by atoms with Crippen LogP contribution in [0.25, 0.3) is 21.5 Å². The molecular weight excluding hydrogens is 519 g/mol. The van der Waals surface area contributed by atoms with Gasteiger partial charge < -0.3 is 20.8 Å². The van der Waals surface area contributed by atoms with Crippen molar-refractivity contribution in [2.75, 3.05) is 61.7 Å². The minimum atomic E-state index is 0.166. The number of likely N-dealkylation sites (tertiary alicyclic amines) is 2. The van der Waals surface area contributed by atoms with Crippen molar-refractivity contribution in [2.24, 2.45) is 0 Å². The van der Waals surface area contributed by atoms with Crippen LogP contribution in [0.15, 0.2) is 36.4 Å². The molecule has 0 saturated carbocycles. The second kappa shape index (κ2) is 12.8. The van der Waals surface area contributed by atoms with Crippen LogP contribution in [-0.2, 0) is 0 Å². The van der Waals surface area contributed by atoms with Gasteiger partial charge in [0.25, 0.3) is 0 Å². The first-order valence-corrected chi connectivity index (χ1v) is 15.1. The summed E-state index contributed by atoms with van der Waals surface area (Å²) in [7, 11) is 0. The molecule has 2 saturated heterocycles. The molecule has 0 aliphatic carbocycles. The summed E-state index contributed by atoms with van der Waals surface area (Å²) in [6.45, 7) is 5.71. The number of rotatable bonds is 10. The Morgan fingerprint density at radius 2 is 1.11 bits per heavy atom. The van der Waals surface area contributed by atoms with Crippen LogP contribution in [0, 0.1) is 0 Å². The molecule has 6 nitrogen and oxygen atoms in total. The normalized spacial score (nSPS) is 21.2. The van der Waals surface area contributed by atoms with Crippen LogP contribution in [0.2, 0.25) is 0 Å². The molecule has 5 rings (SSSR count). The molecule has 2 unspecified atom stereocenters. The van der Waals surface area contributed by atoms with E-state index in [1.165, 1.54) is 38.5 Å². The second-order valence-electron chi connectivity index (χ2n) is 10.7. The summed E-state index contributed by atoms with van der Waals surface area (Å²) in [5.74, 6) is 1.70. The largest absolute Gasteiger partial charge is 0.507 e. The number of phenols is 2. The molecule has 0 amide bonds. The number of nitrogens with zero attached hydrogens (tertiary/aromatic N) is 2. The Kier molecular flexibility index (Phi) is 9.26. The van der Waals surface area contributed by atoms with Crippen molar-refractivity contribution in [1.82, 2.24) is 9.80 Å². The summed E-state index contributed by atoms with van der Waals surface area (Å²) in [5.41, 5.74) is 2.04. The van der Waals surface area contributed by atoms with E-state index in [9.17, 15) is 10.2 Å². The Hall–Kier alpha value is -2.12. The van der Waals surface area contributed by atoms with Crippen molar-refractivity contribution in [3.05, 3.63) is 36.4 Å². The summed E-state index contributed by atoms with van der Waals surface area (Å²) in [4.78, 5) is 4.99.